The fraction of sp³-hybridized carbons (Fsp3) is 0.125. The molecule has 4 aromatic rings. The summed E-state index contributed by atoms with van der Waals surface area (Å²) in [5.41, 5.74) is 1.17. The molecule has 0 unspecified atom stereocenters. The molecule has 0 aliphatic heterocycles. The van der Waals surface area contributed by atoms with Crippen molar-refractivity contribution in [2.75, 3.05) is 22.8 Å². The Balaban J connectivity index is 1.59. The number of nitrogens with one attached hydrogen (secondary N) is 1. The number of aromatic nitrogens is 2. The molecule has 0 radical (unpaired) electrons. The van der Waals surface area contributed by atoms with Gasteiger partial charge in [0.05, 0.1) is 17.2 Å². The second-order valence-electron chi connectivity index (χ2n) is 7.22. The first-order chi connectivity index (χ1) is 16.9. The fourth-order valence-electron chi connectivity index (χ4n) is 3.18. The van der Waals surface area contributed by atoms with Gasteiger partial charge in [0.25, 0.3) is 10.0 Å². The third-order valence-corrected chi connectivity index (χ3v) is 7.74. The number of amides is 1. The summed E-state index contributed by atoms with van der Waals surface area (Å²) in [6.45, 7) is 1.85. The van der Waals surface area contributed by atoms with Crippen molar-refractivity contribution < 1.29 is 17.9 Å². The molecule has 0 fully saturated rings. The van der Waals surface area contributed by atoms with Gasteiger partial charge in [-0.2, -0.15) is 0 Å². The van der Waals surface area contributed by atoms with E-state index in [2.05, 4.69) is 15.5 Å². The molecule has 0 saturated heterocycles. The van der Waals surface area contributed by atoms with Gasteiger partial charge in [0.2, 0.25) is 11.0 Å². The molecule has 0 aliphatic rings. The van der Waals surface area contributed by atoms with Crippen LogP contribution < -0.4 is 14.4 Å². The number of ether oxygens (including phenoxy) is 1. The monoisotopic (exact) mass is 528 g/mol. The van der Waals surface area contributed by atoms with E-state index in [0.717, 1.165) is 9.87 Å². The molecule has 11 heteroatoms. The van der Waals surface area contributed by atoms with E-state index in [1.165, 1.54) is 35.6 Å². The number of anilines is 2. The molecular weight excluding hydrogens is 508 g/mol. The summed E-state index contributed by atoms with van der Waals surface area (Å²) in [7, 11) is -4.08. The van der Waals surface area contributed by atoms with Gasteiger partial charge in [0.15, 0.2) is 0 Å². The molecular formula is C24H21ClN4O4S2. The van der Waals surface area contributed by atoms with E-state index in [1.807, 2.05) is 37.3 Å². The van der Waals surface area contributed by atoms with E-state index in [1.54, 1.807) is 24.3 Å². The number of benzene rings is 3. The van der Waals surface area contributed by atoms with Crippen molar-refractivity contribution in [3.05, 3.63) is 83.9 Å². The first-order valence-electron chi connectivity index (χ1n) is 10.6. The molecule has 1 heterocycles. The molecule has 3 aromatic carbocycles. The molecule has 8 nitrogen and oxygen atoms in total. The molecule has 1 amide bonds. The summed E-state index contributed by atoms with van der Waals surface area (Å²) in [5.74, 6) is 0.0269. The number of nitrogens with zero attached hydrogens (tertiary/aromatic N) is 3. The smallest absolute Gasteiger partial charge is 0.264 e. The van der Waals surface area contributed by atoms with Gasteiger partial charge in [-0.05, 0) is 55.5 Å². The number of hydrogen-bond donors (Lipinski definition) is 1. The lowest BCUT2D eigenvalue weighted by molar-refractivity contribution is -0.114. The average molecular weight is 529 g/mol. The number of carbonyl (C=O) groups is 1. The maximum atomic E-state index is 13.5. The van der Waals surface area contributed by atoms with E-state index in [4.69, 9.17) is 16.3 Å². The van der Waals surface area contributed by atoms with Crippen LogP contribution in [0.1, 0.15) is 6.92 Å². The SMILES string of the molecule is CCOc1ccc(N(CC(=O)Nc2nnc(-c3ccccc3)s2)S(=O)(=O)c2ccc(Cl)cc2)cc1. The lowest BCUT2D eigenvalue weighted by Crippen LogP contribution is -2.38. The Bertz CT molecular complexity index is 1390. The van der Waals surface area contributed by atoms with Gasteiger partial charge >= 0.3 is 0 Å². The minimum absolute atomic E-state index is 0.00543. The van der Waals surface area contributed by atoms with Gasteiger partial charge in [0, 0.05) is 10.6 Å². The van der Waals surface area contributed by atoms with Gasteiger partial charge in [0.1, 0.15) is 17.3 Å². The van der Waals surface area contributed by atoms with Crippen molar-refractivity contribution in [1.29, 1.82) is 0 Å². The van der Waals surface area contributed by atoms with Crippen molar-refractivity contribution in [1.82, 2.24) is 10.2 Å². The summed E-state index contributed by atoms with van der Waals surface area (Å²) in [6.07, 6.45) is 0. The van der Waals surface area contributed by atoms with Gasteiger partial charge < -0.3 is 4.74 Å². The minimum Gasteiger partial charge on any atom is -0.494 e. The maximum Gasteiger partial charge on any atom is 0.264 e. The summed E-state index contributed by atoms with van der Waals surface area (Å²) in [6, 6.07) is 21.7. The minimum atomic E-state index is -4.08. The molecule has 0 bridgehead atoms. The highest BCUT2D eigenvalue weighted by Gasteiger charge is 2.28. The fourth-order valence-corrected chi connectivity index (χ4v) is 5.50. The van der Waals surface area contributed by atoms with E-state index in [0.29, 0.717) is 28.1 Å². The largest absolute Gasteiger partial charge is 0.494 e. The molecule has 4 rings (SSSR count). The predicted octanol–water partition coefficient (Wildman–Crippen LogP) is 5.09. The molecule has 0 saturated carbocycles. The first kappa shape index (κ1) is 24.6. The molecule has 0 spiro atoms. The summed E-state index contributed by atoms with van der Waals surface area (Å²) >= 11 is 7.12. The van der Waals surface area contributed by atoms with Crippen LogP contribution >= 0.6 is 22.9 Å². The highest BCUT2D eigenvalue weighted by Crippen LogP contribution is 2.28. The Morgan fingerprint density at radius 2 is 1.69 bits per heavy atom. The Morgan fingerprint density at radius 1 is 1.00 bits per heavy atom. The summed E-state index contributed by atoms with van der Waals surface area (Å²) in [4.78, 5) is 12.9. The lowest BCUT2D eigenvalue weighted by atomic mass is 10.2. The Morgan fingerprint density at radius 3 is 2.34 bits per heavy atom. The van der Waals surface area contributed by atoms with Gasteiger partial charge in [-0.3, -0.25) is 14.4 Å². The molecule has 35 heavy (non-hydrogen) atoms. The Hall–Kier alpha value is -3.47. The predicted molar refractivity (Wildman–Crippen MR) is 138 cm³/mol. The van der Waals surface area contributed by atoms with Crippen LogP contribution in [0.25, 0.3) is 10.6 Å². The Labute approximate surface area is 212 Å². The highest BCUT2D eigenvalue weighted by atomic mass is 35.5. The van der Waals surface area contributed by atoms with Crippen molar-refractivity contribution >= 4 is 49.7 Å². The van der Waals surface area contributed by atoms with E-state index < -0.39 is 22.5 Å². The topological polar surface area (TPSA) is 101 Å². The second kappa shape index (κ2) is 10.9. The van der Waals surface area contributed by atoms with Crippen molar-refractivity contribution in [3.8, 4) is 16.3 Å². The summed E-state index contributed by atoms with van der Waals surface area (Å²) < 4.78 is 33.4. The number of hydrogen-bond acceptors (Lipinski definition) is 7. The maximum absolute atomic E-state index is 13.5. The van der Waals surface area contributed by atoms with Crippen LogP contribution in [0.3, 0.4) is 0 Å². The van der Waals surface area contributed by atoms with E-state index in [9.17, 15) is 13.2 Å². The van der Waals surface area contributed by atoms with Crippen molar-refractivity contribution in [2.45, 2.75) is 11.8 Å². The van der Waals surface area contributed by atoms with Gasteiger partial charge in [-0.1, -0.05) is 53.3 Å². The number of halogens is 1. The van der Waals surface area contributed by atoms with Crippen molar-refractivity contribution in [3.63, 3.8) is 0 Å². The number of carbonyl (C=O) groups excluding carboxylic acids is 1. The highest BCUT2D eigenvalue weighted by molar-refractivity contribution is 7.92. The number of sulfonamides is 1. The summed E-state index contributed by atoms with van der Waals surface area (Å²) in [5, 5.41) is 12.1. The standard InChI is InChI=1S/C24H21ClN4O4S2/c1-2-33-20-12-10-19(11-13-20)29(35(31,32)21-14-8-18(25)9-15-21)16-22(30)26-24-28-27-23(34-24)17-6-4-3-5-7-17/h3-15H,2,16H2,1H3,(H,26,28,30). The zero-order chi connectivity index (χ0) is 24.8. The normalized spacial score (nSPS) is 11.1. The zero-order valence-electron chi connectivity index (χ0n) is 18.6. The molecule has 1 aromatic heterocycles. The Kier molecular flexibility index (Phi) is 7.64. The van der Waals surface area contributed by atoms with Gasteiger partial charge in [-0.25, -0.2) is 8.42 Å². The number of rotatable bonds is 9. The molecule has 0 aliphatic carbocycles. The second-order valence-corrected chi connectivity index (χ2v) is 10.5. The zero-order valence-corrected chi connectivity index (χ0v) is 21.0. The third kappa shape index (κ3) is 5.97. The molecule has 180 valence electrons. The van der Waals surface area contributed by atoms with Crippen LogP contribution in [0.5, 0.6) is 5.75 Å². The van der Waals surface area contributed by atoms with Crippen molar-refractivity contribution in [2.24, 2.45) is 0 Å². The van der Waals surface area contributed by atoms with E-state index >= 15 is 0 Å². The van der Waals surface area contributed by atoms with Crippen LogP contribution in [0.4, 0.5) is 10.8 Å². The van der Waals surface area contributed by atoms with Crippen LogP contribution in [-0.2, 0) is 14.8 Å². The molecule has 1 N–H and O–H groups in total. The van der Waals surface area contributed by atoms with Gasteiger partial charge in [-0.15, -0.1) is 10.2 Å². The van der Waals surface area contributed by atoms with Crippen LogP contribution in [-0.4, -0.2) is 37.7 Å². The average Bonchev–Trinajstić information content (AvgIpc) is 3.32. The van der Waals surface area contributed by atoms with Crippen LogP contribution in [0, 0.1) is 0 Å². The quantitative estimate of drug-likeness (QED) is 0.324. The lowest BCUT2D eigenvalue weighted by Gasteiger charge is -2.24. The molecule has 0 atom stereocenters. The van der Waals surface area contributed by atoms with E-state index in [-0.39, 0.29) is 10.0 Å². The van der Waals surface area contributed by atoms with Crippen LogP contribution in [0.2, 0.25) is 5.02 Å². The first-order valence-corrected chi connectivity index (χ1v) is 13.2. The third-order valence-electron chi connectivity index (χ3n) is 4.82. The van der Waals surface area contributed by atoms with Crippen LogP contribution in [0.15, 0.2) is 83.8 Å².